The van der Waals surface area contributed by atoms with E-state index in [9.17, 15) is 17.6 Å². The number of nitrogens with one attached hydrogen (secondary N) is 1. The summed E-state index contributed by atoms with van der Waals surface area (Å²) in [6, 6.07) is 1.86. The van der Waals surface area contributed by atoms with Crippen LogP contribution >= 0.6 is 0 Å². The second-order valence-electron chi connectivity index (χ2n) is 5.66. The summed E-state index contributed by atoms with van der Waals surface area (Å²) in [5.41, 5.74) is 0.323. The maximum Gasteiger partial charge on any atom is 0.251 e. The molecule has 21 heavy (non-hydrogen) atoms. The van der Waals surface area contributed by atoms with Gasteiger partial charge in [0.1, 0.15) is 5.82 Å². The van der Waals surface area contributed by atoms with Gasteiger partial charge in [-0.25, -0.2) is 17.9 Å². The molecular formula is C14H19FN2O3S. The molecule has 0 heterocycles. The lowest BCUT2D eigenvalue weighted by Crippen LogP contribution is -2.31. The Morgan fingerprint density at radius 3 is 2.52 bits per heavy atom. The molecule has 0 bridgehead atoms. The number of carbonyl (C=O) groups excluding carboxylic acids is 1. The Bertz CT molecular complexity index is 682. The molecular weight excluding hydrogens is 295 g/mol. The highest BCUT2D eigenvalue weighted by Gasteiger charge is 2.40. The van der Waals surface area contributed by atoms with Crippen molar-refractivity contribution in [2.24, 2.45) is 10.6 Å². The normalized spacial score (nSPS) is 16.6. The Morgan fingerprint density at radius 1 is 1.43 bits per heavy atom. The molecule has 1 saturated carbocycles. The number of hydrogen-bond donors (Lipinski definition) is 2. The number of amides is 1. The number of rotatable bonds is 5. The molecule has 7 heteroatoms. The van der Waals surface area contributed by atoms with E-state index in [0.717, 1.165) is 31.4 Å². The molecule has 1 fully saturated rings. The smallest absolute Gasteiger partial charge is 0.251 e. The van der Waals surface area contributed by atoms with E-state index in [1.807, 2.05) is 0 Å². The van der Waals surface area contributed by atoms with Crippen LogP contribution in [0.15, 0.2) is 17.0 Å². The van der Waals surface area contributed by atoms with Crippen LogP contribution < -0.4 is 10.5 Å². The van der Waals surface area contributed by atoms with Gasteiger partial charge < -0.3 is 5.32 Å². The molecule has 0 aromatic heterocycles. The minimum Gasteiger partial charge on any atom is -0.351 e. The number of hydrogen-bond acceptors (Lipinski definition) is 3. The van der Waals surface area contributed by atoms with Crippen molar-refractivity contribution in [3.05, 3.63) is 29.1 Å². The highest BCUT2D eigenvalue weighted by Crippen LogP contribution is 2.47. The summed E-state index contributed by atoms with van der Waals surface area (Å²) in [5.74, 6) is -1.27. The molecule has 0 atom stereocenters. The molecule has 2 rings (SSSR count). The predicted molar refractivity (Wildman–Crippen MR) is 76.8 cm³/mol. The molecule has 116 valence electrons. The lowest BCUT2D eigenvalue weighted by molar-refractivity contribution is 0.0943. The number of sulfonamides is 1. The van der Waals surface area contributed by atoms with E-state index < -0.39 is 21.7 Å². The van der Waals surface area contributed by atoms with Gasteiger partial charge >= 0.3 is 0 Å². The van der Waals surface area contributed by atoms with E-state index >= 15 is 0 Å². The minimum atomic E-state index is -4.07. The van der Waals surface area contributed by atoms with Gasteiger partial charge in [-0.1, -0.05) is 6.92 Å². The van der Waals surface area contributed by atoms with Gasteiger partial charge in [0.2, 0.25) is 10.0 Å². The molecule has 1 aliphatic carbocycles. The standard InChI is InChI=1S/C14H19FN2O3S/c1-3-14(4-5-14)8-17-13(18)11-6-10(15)7-12(9(11)2)21(16,19)20/h6-7H,3-5,8H2,1-2H3,(H,17,18)(H2,16,19,20). The van der Waals surface area contributed by atoms with E-state index in [1.165, 1.54) is 6.92 Å². The van der Waals surface area contributed by atoms with Gasteiger partial charge in [0.15, 0.2) is 0 Å². The molecule has 3 N–H and O–H groups in total. The van der Waals surface area contributed by atoms with E-state index in [-0.39, 0.29) is 21.4 Å². The second-order valence-corrected chi connectivity index (χ2v) is 7.19. The first-order valence-electron chi connectivity index (χ1n) is 6.80. The highest BCUT2D eigenvalue weighted by molar-refractivity contribution is 7.89. The summed E-state index contributed by atoms with van der Waals surface area (Å²) < 4.78 is 36.4. The van der Waals surface area contributed by atoms with Gasteiger partial charge in [-0.05, 0) is 49.3 Å². The topological polar surface area (TPSA) is 89.3 Å². The predicted octanol–water partition coefficient (Wildman–Crippen LogP) is 1.70. The van der Waals surface area contributed by atoms with Crippen LogP contribution in [0.25, 0.3) is 0 Å². The Balaban J connectivity index is 2.27. The third-order valence-corrected chi connectivity index (χ3v) is 5.24. The molecule has 0 saturated heterocycles. The number of carbonyl (C=O) groups is 1. The molecule has 0 radical (unpaired) electrons. The van der Waals surface area contributed by atoms with Crippen LogP contribution in [0.4, 0.5) is 4.39 Å². The summed E-state index contributed by atoms with van der Waals surface area (Å²) in [7, 11) is -4.07. The molecule has 1 aromatic carbocycles. The third-order valence-electron chi connectivity index (χ3n) is 4.21. The van der Waals surface area contributed by atoms with Crippen LogP contribution in [0.5, 0.6) is 0 Å². The van der Waals surface area contributed by atoms with Gasteiger partial charge in [0.05, 0.1) is 4.90 Å². The maximum atomic E-state index is 13.6. The molecule has 5 nitrogen and oxygen atoms in total. The largest absolute Gasteiger partial charge is 0.351 e. The maximum absolute atomic E-state index is 13.6. The first kappa shape index (κ1) is 15.9. The van der Waals surface area contributed by atoms with Crippen LogP contribution in [0.3, 0.4) is 0 Å². The van der Waals surface area contributed by atoms with E-state index in [4.69, 9.17) is 5.14 Å². The first-order valence-corrected chi connectivity index (χ1v) is 8.34. The van der Waals surface area contributed by atoms with Crippen LogP contribution in [0, 0.1) is 18.2 Å². The quantitative estimate of drug-likeness (QED) is 0.867. The molecule has 1 aliphatic rings. The average molecular weight is 314 g/mol. The fourth-order valence-corrected chi connectivity index (χ4v) is 3.19. The van der Waals surface area contributed by atoms with Crippen LogP contribution in [-0.4, -0.2) is 20.9 Å². The average Bonchev–Trinajstić information content (AvgIpc) is 3.17. The summed E-state index contributed by atoms with van der Waals surface area (Å²) in [5, 5.41) is 7.80. The van der Waals surface area contributed by atoms with Crippen molar-refractivity contribution in [3.63, 3.8) is 0 Å². The fourth-order valence-electron chi connectivity index (χ4n) is 2.38. The van der Waals surface area contributed by atoms with Gasteiger partial charge in [0.25, 0.3) is 5.91 Å². The van der Waals surface area contributed by atoms with Crippen LogP contribution in [0.2, 0.25) is 0 Å². The number of primary sulfonamides is 1. The second kappa shape index (κ2) is 5.38. The van der Waals surface area contributed by atoms with Crippen LogP contribution in [0.1, 0.15) is 42.1 Å². The van der Waals surface area contributed by atoms with E-state index in [0.29, 0.717) is 6.54 Å². The number of nitrogens with two attached hydrogens (primary N) is 1. The third kappa shape index (κ3) is 3.41. The van der Waals surface area contributed by atoms with E-state index in [2.05, 4.69) is 12.2 Å². The lowest BCUT2D eigenvalue weighted by Gasteiger charge is -2.15. The highest BCUT2D eigenvalue weighted by atomic mass is 32.2. The Labute approximate surface area is 123 Å². The number of halogens is 1. The van der Waals surface area contributed by atoms with Crippen LogP contribution in [-0.2, 0) is 10.0 Å². The van der Waals surface area contributed by atoms with Gasteiger partial charge in [-0.3, -0.25) is 4.79 Å². The lowest BCUT2D eigenvalue weighted by atomic mass is 10.0. The van der Waals surface area contributed by atoms with Crippen molar-refractivity contribution in [2.75, 3.05) is 6.54 Å². The van der Waals surface area contributed by atoms with Crippen molar-refractivity contribution in [1.82, 2.24) is 5.32 Å². The summed E-state index contributed by atoms with van der Waals surface area (Å²) in [6.07, 6.45) is 3.10. The van der Waals surface area contributed by atoms with Gasteiger partial charge in [-0.2, -0.15) is 0 Å². The summed E-state index contributed by atoms with van der Waals surface area (Å²) in [6.45, 7) is 4.02. The zero-order chi connectivity index (χ0) is 15.8. The van der Waals surface area contributed by atoms with Gasteiger partial charge in [0, 0.05) is 12.1 Å². The summed E-state index contributed by atoms with van der Waals surface area (Å²) >= 11 is 0. The molecule has 0 spiro atoms. The van der Waals surface area contributed by atoms with Crippen molar-refractivity contribution >= 4 is 15.9 Å². The Morgan fingerprint density at radius 2 is 2.05 bits per heavy atom. The Hall–Kier alpha value is -1.47. The molecule has 0 unspecified atom stereocenters. The molecule has 1 amide bonds. The zero-order valence-corrected chi connectivity index (χ0v) is 12.9. The minimum absolute atomic E-state index is 0.00549. The summed E-state index contributed by atoms with van der Waals surface area (Å²) in [4.78, 5) is 11.8. The number of benzene rings is 1. The van der Waals surface area contributed by atoms with Crippen molar-refractivity contribution in [2.45, 2.75) is 38.0 Å². The fraction of sp³-hybridized carbons (Fsp3) is 0.500. The van der Waals surface area contributed by atoms with Crippen molar-refractivity contribution in [3.8, 4) is 0 Å². The van der Waals surface area contributed by atoms with Crippen molar-refractivity contribution in [1.29, 1.82) is 0 Å². The van der Waals surface area contributed by atoms with E-state index in [1.54, 1.807) is 0 Å². The SMILES string of the molecule is CCC1(CNC(=O)c2cc(F)cc(S(N)(=O)=O)c2C)CC1. The monoisotopic (exact) mass is 314 g/mol. The Kier molecular flexibility index (Phi) is 4.08. The first-order chi connectivity index (χ1) is 9.68. The van der Waals surface area contributed by atoms with Gasteiger partial charge in [-0.15, -0.1) is 0 Å². The zero-order valence-electron chi connectivity index (χ0n) is 12.1. The molecule has 0 aliphatic heterocycles. The molecule has 1 aromatic rings. The van der Waals surface area contributed by atoms with Crippen molar-refractivity contribution < 1.29 is 17.6 Å².